The summed E-state index contributed by atoms with van der Waals surface area (Å²) in [5, 5.41) is 12.2. The van der Waals surface area contributed by atoms with Gasteiger partial charge in [-0.2, -0.15) is 4.80 Å². The fourth-order valence-electron chi connectivity index (χ4n) is 2.18. The Labute approximate surface area is 133 Å². The van der Waals surface area contributed by atoms with Crippen molar-refractivity contribution in [1.29, 1.82) is 0 Å². The molecular weight excluding hydrogens is 295 g/mol. The summed E-state index contributed by atoms with van der Waals surface area (Å²) < 4.78 is 19.0. The Balaban J connectivity index is 1.62. The molecule has 3 aromatic rings. The third-order valence-electron chi connectivity index (χ3n) is 3.43. The van der Waals surface area contributed by atoms with Crippen molar-refractivity contribution in [1.82, 2.24) is 20.2 Å². The molecule has 0 bridgehead atoms. The van der Waals surface area contributed by atoms with Gasteiger partial charge in [0.25, 0.3) is 0 Å². The predicted molar refractivity (Wildman–Crippen MR) is 84.6 cm³/mol. The number of aromatic nitrogens is 4. The molecule has 3 rings (SSSR count). The van der Waals surface area contributed by atoms with Crippen LogP contribution in [0.25, 0.3) is 11.4 Å². The molecule has 0 aliphatic carbocycles. The third kappa shape index (κ3) is 3.71. The van der Waals surface area contributed by atoms with E-state index >= 15 is 0 Å². The Hall–Kier alpha value is -2.76. The van der Waals surface area contributed by atoms with E-state index in [1.165, 1.54) is 16.9 Å². The van der Waals surface area contributed by atoms with Crippen molar-refractivity contribution in [3.05, 3.63) is 59.4 Å². The molecule has 1 heterocycles. The number of benzene rings is 2. The highest BCUT2D eigenvalue weighted by molar-refractivity contribution is 5.53. The van der Waals surface area contributed by atoms with Gasteiger partial charge in [0, 0.05) is 5.56 Å². The van der Waals surface area contributed by atoms with Gasteiger partial charge in [-0.15, -0.1) is 10.2 Å². The minimum Gasteiger partial charge on any atom is -0.491 e. The summed E-state index contributed by atoms with van der Waals surface area (Å²) in [6.45, 7) is 4.93. The molecule has 0 aliphatic heterocycles. The van der Waals surface area contributed by atoms with Crippen molar-refractivity contribution in [2.45, 2.75) is 20.4 Å². The second-order valence-electron chi connectivity index (χ2n) is 5.34. The van der Waals surface area contributed by atoms with Gasteiger partial charge in [0.05, 0.1) is 6.54 Å². The zero-order valence-corrected chi connectivity index (χ0v) is 13.0. The van der Waals surface area contributed by atoms with Gasteiger partial charge >= 0.3 is 0 Å². The lowest BCUT2D eigenvalue weighted by Crippen LogP contribution is -2.11. The molecule has 23 heavy (non-hydrogen) atoms. The van der Waals surface area contributed by atoms with Crippen molar-refractivity contribution in [3.8, 4) is 17.1 Å². The average molecular weight is 312 g/mol. The van der Waals surface area contributed by atoms with E-state index in [1.807, 2.05) is 32.0 Å². The van der Waals surface area contributed by atoms with Gasteiger partial charge in [0.2, 0.25) is 5.82 Å². The SMILES string of the molecule is Cc1ccc(C)c(OCCn2nnc(-c3cccc(F)c3)n2)c1. The Morgan fingerprint density at radius 1 is 1.13 bits per heavy atom. The summed E-state index contributed by atoms with van der Waals surface area (Å²) in [5.41, 5.74) is 2.84. The fourth-order valence-corrected chi connectivity index (χ4v) is 2.18. The summed E-state index contributed by atoms with van der Waals surface area (Å²) in [4.78, 5) is 1.45. The first-order valence-corrected chi connectivity index (χ1v) is 7.35. The molecule has 0 atom stereocenters. The Morgan fingerprint density at radius 3 is 2.83 bits per heavy atom. The lowest BCUT2D eigenvalue weighted by atomic mass is 10.1. The number of nitrogens with zero attached hydrogens (tertiary/aromatic N) is 4. The van der Waals surface area contributed by atoms with Crippen LogP contribution < -0.4 is 4.74 Å². The van der Waals surface area contributed by atoms with Crippen LogP contribution in [0.1, 0.15) is 11.1 Å². The van der Waals surface area contributed by atoms with Crippen LogP contribution in [-0.2, 0) is 6.54 Å². The lowest BCUT2D eigenvalue weighted by Gasteiger charge is -2.09. The van der Waals surface area contributed by atoms with E-state index in [1.54, 1.807) is 12.1 Å². The molecular formula is C17H17FN4O. The number of ether oxygens (including phenoxy) is 1. The van der Waals surface area contributed by atoms with Crippen LogP contribution in [0.15, 0.2) is 42.5 Å². The van der Waals surface area contributed by atoms with Gasteiger partial charge < -0.3 is 4.74 Å². The van der Waals surface area contributed by atoms with Gasteiger partial charge in [-0.25, -0.2) is 4.39 Å². The predicted octanol–water partition coefficient (Wildman–Crippen LogP) is 3.18. The van der Waals surface area contributed by atoms with Crippen LogP contribution in [0, 0.1) is 19.7 Å². The Bertz CT molecular complexity index is 816. The first-order chi connectivity index (χ1) is 11.1. The monoisotopic (exact) mass is 312 g/mol. The first kappa shape index (κ1) is 15.1. The maximum atomic E-state index is 13.2. The van der Waals surface area contributed by atoms with Crippen molar-refractivity contribution in [2.24, 2.45) is 0 Å². The number of halogens is 1. The van der Waals surface area contributed by atoms with Gasteiger partial charge in [-0.1, -0.05) is 24.3 Å². The van der Waals surface area contributed by atoms with E-state index in [4.69, 9.17) is 4.74 Å². The molecule has 5 nitrogen and oxygen atoms in total. The van der Waals surface area contributed by atoms with E-state index in [-0.39, 0.29) is 5.82 Å². The number of aryl methyl sites for hydroxylation is 2. The van der Waals surface area contributed by atoms with Crippen molar-refractivity contribution in [3.63, 3.8) is 0 Å². The van der Waals surface area contributed by atoms with Crippen LogP contribution in [-0.4, -0.2) is 26.8 Å². The maximum Gasteiger partial charge on any atom is 0.205 e. The van der Waals surface area contributed by atoms with Crippen LogP contribution in [0.4, 0.5) is 4.39 Å². The van der Waals surface area contributed by atoms with E-state index in [0.29, 0.717) is 24.5 Å². The second kappa shape index (κ2) is 6.56. The van der Waals surface area contributed by atoms with E-state index in [0.717, 1.165) is 16.9 Å². The molecule has 0 unspecified atom stereocenters. The molecule has 0 saturated carbocycles. The molecule has 0 radical (unpaired) electrons. The molecule has 0 spiro atoms. The van der Waals surface area contributed by atoms with Gasteiger partial charge in [0.15, 0.2) is 0 Å². The molecule has 2 aromatic carbocycles. The van der Waals surface area contributed by atoms with Gasteiger partial charge in [-0.3, -0.25) is 0 Å². The molecule has 0 N–H and O–H groups in total. The summed E-state index contributed by atoms with van der Waals surface area (Å²) in [5.74, 6) is 0.934. The van der Waals surface area contributed by atoms with Crippen molar-refractivity contribution < 1.29 is 9.13 Å². The molecule has 0 fully saturated rings. The first-order valence-electron chi connectivity index (χ1n) is 7.35. The van der Waals surface area contributed by atoms with E-state index in [9.17, 15) is 4.39 Å². The largest absolute Gasteiger partial charge is 0.491 e. The quantitative estimate of drug-likeness (QED) is 0.726. The van der Waals surface area contributed by atoms with Crippen LogP contribution in [0.5, 0.6) is 5.75 Å². The summed E-state index contributed by atoms with van der Waals surface area (Å²) in [6.07, 6.45) is 0. The lowest BCUT2D eigenvalue weighted by molar-refractivity contribution is 0.278. The molecule has 6 heteroatoms. The zero-order valence-electron chi connectivity index (χ0n) is 13.0. The van der Waals surface area contributed by atoms with Crippen LogP contribution >= 0.6 is 0 Å². The summed E-state index contributed by atoms with van der Waals surface area (Å²) in [7, 11) is 0. The van der Waals surface area contributed by atoms with E-state index in [2.05, 4.69) is 15.4 Å². The topological polar surface area (TPSA) is 52.8 Å². The molecule has 1 aromatic heterocycles. The highest BCUT2D eigenvalue weighted by Gasteiger charge is 2.07. The number of hydrogen-bond acceptors (Lipinski definition) is 4. The highest BCUT2D eigenvalue weighted by Crippen LogP contribution is 2.19. The number of hydrogen-bond donors (Lipinski definition) is 0. The van der Waals surface area contributed by atoms with Crippen LogP contribution in [0.2, 0.25) is 0 Å². The van der Waals surface area contributed by atoms with Gasteiger partial charge in [0.1, 0.15) is 18.2 Å². The Kier molecular flexibility index (Phi) is 4.32. The summed E-state index contributed by atoms with van der Waals surface area (Å²) >= 11 is 0. The van der Waals surface area contributed by atoms with E-state index < -0.39 is 0 Å². The molecule has 0 saturated heterocycles. The number of tetrazole rings is 1. The maximum absolute atomic E-state index is 13.2. The third-order valence-corrected chi connectivity index (χ3v) is 3.43. The van der Waals surface area contributed by atoms with Crippen LogP contribution in [0.3, 0.4) is 0 Å². The highest BCUT2D eigenvalue weighted by atomic mass is 19.1. The smallest absolute Gasteiger partial charge is 0.205 e. The van der Waals surface area contributed by atoms with Gasteiger partial charge in [-0.05, 0) is 48.4 Å². The zero-order chi connectivity index (χ0) is 16.2. The Morgan fingerprint density at radius 2 is 2.00 bits per heavy atom. The normalized spacial score (nSPS) is 10.7. The van der Waals surface area contributed by atoms with Crippen molar-refractivity contribution >= 4 is 0 Å². The molecule has 0 amide bonds. The molecule has 0 aliphatic rings. The second-order valence-corrected chi connectivity index (χ2v) is 5.34. The summed E-state index contributed by atoms with van der Waals surface area (Å²) in [6, 6.07) is 12.2. The molecule has 118 valence electrons. The average Bonchev–Trinajstić information content (AvgIpc) is 3.00. The minimum absolute atomic E-state index is 0.322. The fraction of sp³-hybridized carbons (Fsp3) is 0.235. The van der Waals surface area contributed by atoms with Crippen molar-refractivity contribution in [2.75, 3.05) is 6.61 Å². The minimum atomic E-state index is -0.322. The number of rotatable bonds is 5. The standard InChI is InChI=1S/C17H17FN4O/c1-12-6-7-13(2)16(10-12)23-9-8-22-20-17(19-21-22)14-4-3-5-15(18)11-14/h3-7,10-11H,8-9H2,1-2H3.